The molecule has 0 saturated heterocycles. The van der Waals surface area contributed by atoms with Gasteiger partial charge >= 0.3 is 0 Å². The standard InChI is InChI=1S/C27H27N5O2S/c33-24-7-3-4-17-14-18(10-11-19(17)24)28-27-31-21-12-13-35-15-20(21)25(32-27)29-22-5-1-2-6-23(22)30-26(34)16-8-9-16/h1-2,5-6,10-11,14,16H,3-4,7-9,12-13,15H2,(H,30,34)(H2,28,29,31,32). The first-order chi connectivity index (χ1) is 17.1. The van der Waals surface area contributed by atoms with Gasteiger partial charge in [0.15, 0.2) is 5.78 Å². The number of thioether (sulfide) groups is 1. The van der Waals surface area contributed by atoms with E-state index < -0.39 is 0 Å². The van der Waals surface area contributed by atoms with Gasteiger partial charge in [-0.3, -0.25) is 9.59 Å². The Morgan fingerprint density at radius 2 is 1.83 bits per heavy atom. The van der Waals surface area contributed by atoms with Crippen LogP contribution in [0.5, 0.6) is 0 Å². The molecule has 0 bridgehead atoms. The van der Waals surface area contributed by atoms with Crippen LogP contribution < -0.4 is 16.0 Å². The lowest BCUT2D eigenvalue weighted by Gasteiger charge is -2.21. The van der Waals surface area contributed by atoms with Crippen LogP contribution in [0.2, 0.25) is 0 Å². The Bertz CT molecular complexity index is 1320. The molecule has 1 saturated carbocycles. The third-order valence-electron chi connectivity index (χ3n) is 6.72. The number of ketones is 1. The van der Waals surface area contributed by atoms with Gasteiger partial charge in [0.2, 0.25) is 11.9 Å². The maximum atomic E-state index is 12.4. The molecule has 2 aliphatic carbocycles. The number of Topliss-reactive ketones (excluding diaryl/α,β-unsaturated/α-hetero) is 1. The van der Waals surface area contributed by atoms with Gasteiger partial charge in [-0.25, -0.2) is 4.98 Å². The van der Waals surface area contributed by atoms with E-state index in [1.54, 1.807) is 0 Å². The third kappa shape index (κ3) is 4.75. The Hall–Kier alpha value is -3.39. The van der Waals surface area contributed by atoms with Crippen LogP contribution in [0.4, 0.5) is 28.8 Å². The molecule has 7 nitrogen and oxygen atoms in total. The first-order valence-electron chi connectivity index (χ1n) is 12.2. The van der Waals surface area contributed by atoms with Crippen molar-refractivity contribution in [2.45, 2.75) is 44.3 Å². The van der Waals surface area contributed by atoms with Crippen LogP contribution >= 0.6 is 11.8 Å². The Morgan fingerprint density at radius 1 is 0.971 bits per heavy atom. The molecule has 0 radical (unpaired) electrons. The van der Waals surface area contributed by atoms with Gasteiger partial charge in [-0.1, -0.05) is 12.1 Å². The molecule has 2 heterocycles. The van der Waals surface area contributed by atoms with E-state index in [1.165, 1.54) is 0 Å². The summed E-state index contributed by atoms with van der Waals surface area (Å²) in [6.07, 6.45) is 5.24. The SMILES string of the molecule is O=C1CCCc2cc(Nc3nc4c(c(Nc5ccccc5NC(=O)C5CC5)n3)CSCC4)ccc21. The number of nitrogens with zero attached hydrogens (tertiary/aromatic N) is 2. The molecule has 0 spiro atoms. The van der Waals surface area contributed by atoms with E-state index >= 15 is 0 Å². The average molecular weight is 486 g/mol. The minimum atomic E-state index is 0.0766. The molecule has 8 heteroatoms. The summed E-state index contributed by atoms with van der Waals surface area (Å²) in [5.74, 6) is 3.58. The van der Waals surface area contributed by atoms with Crippen molar-refractivity contribution in [1.82, 2.24) is 9.97 Å². The smallest absolute Gasteiger partial charge is 0.229 e. The summed E-state index contributed by atoms with van der Waals surface area (Å²) in [4.78, 5) is 34.3. The number of aryl methyl sites for hydroxylation is 2. The fourth-order valence-electron chi connectivity index (χ4n) is 4.65. The number of benzene rings is 2. The molecule has 1 amide bonds. The summed E-state index contributed by atoms with van der Waals surface area (Å²) in [5, 5.41) is 9.92. The topological polar surface area (TPSA) is 96.0 Å². The van der Waals surface area contributed by atoms with Gasteiger partial charge in [-0.15, -0.1) is 0 Å². The quantitative estimate of drug-likeness (QED) is 0.417. The zero-order valence-electron chi connectivity index (χ0n) is 19.4. The van der Waals surface area contributed by atoms with E-state index in [9.17, 15) is 9.59 Å². The maximum absolute atomic E-state index is 12.4. The van der Waals surface area contributed by atoms with Gasteiger partial charge in [0.1, 0.15) is 5.82 Å². The number of fused-ring (bicyclic) bond motifs is 2. The molecule has 1 aromatic heterocycles. The highest BCUT2D eigenvalue weighted by atomic mass is 32.2. The van der Waals surface area contributed by atoms with Crippen molar-refractivity contribution in [3.05, 3.63) is 64.8 Å². The number of amides is 1. The number of hydrogen-bond acceptors (Lipinski definition) is 7. The number of carbonyl (C=O) groups excluding carboxylic acids is 2. The minimum Gasteiger partial charge on any atom is -0.338 e. The number of anilines is 5. The Labute approximate surface area is 208 Å². The van der Waals surface area contributed by atoms with E-state index in [4.69, 9.17) is 9.97 Å². The first kappa shape index (κ1) is 22.1. The number of nitrogens with one attached hydrogen (secondary N) is 3. The summed E-state index contributed by atoms with van der Waals surface area (Å²) in [6, 6.07) is 13.6. The van der Waals surface area contributed by atoms with Crippen molar-refractivity contribution >= 4 is 52.3 Å². The minimum absolute atomic E-state index is 0.0766. The lowest BCUT2D eigenvalue weighted by atomic mass is 9.90. The van der Waals surface area contributed by atoms with Crippen LogP contribution in [0.1, 0.15) is 52.9 Å². The zero-order valence-corrected chi connectivity index (χ0v) is 20.2. The van der Waals surface area contributed by atoms with E-state index in [1.807, 2.05) is 54.2 Å². The molecule has 1 aliphatic heterocycles. The molecule has 1 fully saturated rings. The Morgan fingerprint density at radius 3 is 2.69 bits per heavy atom. The molecule has 2 aromatic carbocycles. The molecule has 178 valence electrons. The molecular formula is C27H27N5O2S. The predicted octanol–water partition coefficient (Wildman–Crippen LogP) is 5.62. The highest BCUT2D eigenvalue weighted by Gasteiger charge is 2.30. The molecule has 0 atom stereocenters. The summed E-state index contributed by atoms with van der Waals surface area (Å²) >= 11 is 1.87. The van der Waals surface area contributed by atoms with Gasteiger partial charge in [-0.2, -0.15) is 16.7 Å². The first-order valence-corrected chi connectivity index (χ1v) is 13.4. The van der Waals surface area contributed by atoms with Crippen LogP contribution in [-0.2, 0) is 23.4 Å². The molecular weight excluding hydrogens is 458 g/mol. The van der Waals surface area contributed by atoms with E-state index in [0.29, 0.717) is 12.4 Å². The maximum Gasteiger partial charge on any atom is 0.229 e. The molecule has 3 aromatic rings. The summed E-state index contributed by atoms with van der Waals surface area (Å²) in [6.45, 7) is 0. The number of rotatable bonds is 6. The second-order valence-electron chi connectivity index (χ2n) is 9.33. The summed E-state index contributed by atoms with van der Waals surface area (Å²) < 4.78 is 0. The van der Waals surface area contributed by atoms with Crippen molar-refractivity contribution in [2.75, 3.05) is 21.7 Å². The van der Waals surface area contributed by atoms with Gasteiger partial charge in [0.25, 0.3) is 0 Å². The Kier molecular flexibility index (Phi) is 5.90. The fraction of sp³-hybridized carbons (Fsp3) is 0.333. The lowest BCUT2D eigenvalue weighted by Crippen LogP contribution is -2.16. The van der Waals surface area contributed by atoms with Crippen LogP contribution in [0.25, 0.3) is 0 Å². The van der Waals surface area contributed by atoms with Crippen molar-refractivity contribution < 1.29 is 9.59 Å². The van der Waals surface area contributed by atoms with E-state index in [2.05, 4.69) is 16.0 Å². The second-order valence-corrected chi connectivity index (χ2v) is 10.4. The summed E-state index contributed by atoms with van der Waals surface area (Å²) in [7, 11) is 0. The highest BCUT2D eigenvalue weighted by molar-refractivity contribution is 7.98. The largest absolute Gasteiger partial charge is 0.338 e. The van der Waals surface area contributed by atoms with E-state index in [-0.39, 0.29) is 17.6 Å². The normalized spacial score (nSPS) is 16.7. The van der Waals surface area contributed by atoms with Crippen LogP contribution in [0.15, 0.2) is 42.5 Å². The summed E-state index contributed by atoms with van der Waals surface area (Å²) in [5.41, 5.74) is 6.51. The van der Waals surface area contributed by atoms with E-state index in [0.717, 1.165) is 88.9 Å². The van der Waals surface area contributed by atoms with Gasteiger partial charge in [0.05, 0.1) is 17.1 Å². The van der Waals surface area contributed by atoms with Crippen LogP contribution in [0.3, 0.4) is 0 Å². The molecule has 3 aliphatic rings. The molecule has 3 N–H and O–H groups in total. The van der Waals surface area contributed by atoms with Crippen molar-refractivity contribution in [1.29, 1.82) is 0 Å². The second kappa shape index (κ2) is 9.34. The number of hydrogen-bond donors (Lipinski definition) is 3. The number of carbonyl (C=O) groups is 2. The number of aromatic nitrogens is 2. The zero-order chi connectivity index (χ0) is 23.8. The van der Waals surface area contributed by atoms with Gasteiger partial charge in [0, 0.05) is 34.9 Å². The van der Waals surface area contributed by atoms with Crippen LogP contribution in [-0.4, -0.2) is 27.4 Å². The Balaban J connectivity index is 1.30. The predicted molar refractivity (Wildman–Crippen MR) is 140 cm³/mol. The van der Waals surface area contributed by atoms with Crippen molar-refractivity contribution in [3.63, 3.8) is 0 Å². The average Bonchev–Trinajstić information content (AvgIpc) is 3.71. The number of para-hydroxylation sites is 2. The monoisotopic (exact) mass is 485 g/mol. The van der Waals surface area contributed by atoms with Crippen LogP contribution in [0, 0.1) is 5.92 Å². The third-order valence-corrected chi connectivity index (χ3v) is 7.71. The van der Waals surface area contributed by atoms with Crippen molar-refractivity contribution in [3.8, 4) is 0 Å². The lowest BCUT2D eigenvalue weighted by molar-refractivity contribution is -0.117. The fourth-order valence-corrected chi connectivity index (χ4v) is 5.64. The molecule has 0 unspecified atom stereocenters. The molecule has 6 rings (SSSR count). The van der Waals surface area contributed by atoms with Gasteiger partial charge in [-0.05, 0) is 73.8 Å². The van der Waals surface area contributed by atoms with Crippen molar-refractivity contribution in [2.24, 2.45) is 5.92 Å². The highest BCUT2D eigenvalue weighted by Crippen LogP contribution is 2.35. The van der Waals surface area contributed by atoms with Gasteiger partial charge < -0.3 is 16.0 Å². The molecule has 35 heavy (non-hydrogen) atoms.